The Kier molecular flexibility index (Phi) is 4.98. The van der Waals surface area contributed by atoms with E-state index < -0.39 is 0 Å². The number of rotatable bonds is 4. The molecule has 2 rings (SSSR count). The summed E-state index contributed by atoms with van der Waals surface area (Å²) in [6.45, 7) is 7.27. The highest BCUT2D eigenvalue weighted by Gasteiger charge is 2.15. The van der Waals surface area contributed by atoms with Crippen molar-refractivity contribution in [2.24, 2.45) is 0 Å². The molecule has 110 valence electrons. The van der Waals surface area contributed by atoms with Gasteiger partial charge in [-0.2, -0.15) is 0 Å². The average Bonchev–Trinajstić information content (AvgIpc) is 2.44. The predicted octanol–water partition coefficient (Wildman–Crippen LogP) is 0.981. The zero-order valence-electron chi connectivity index (χ0n) is 12.3. The van der Waals surface area contributed by atoms with Crippen LogP contribution in [0.25, 0.3) is 0 Å². The molecule has 1 aromatic rings. The molecule has 0 spiro atoms. The summed E-state index contributed by atoms with van der Waals surface area (Å²) in [5.41, 5.74) is 7.77. The Labute approximate surface area is 120 Å². The van der Waals surface area contributed by atoms with Gasteiger partial charge in [0, 0.05) is 38.4 Å². The molecule has 20 heavy (non-hydrogen) atoms. The molecule has 0 saturated carbocycles. The predicted molar refractivity (Wildman–Crippen MR) is 79.8 cm³/mol. The van der Waals surface area contributed by atoms with Gasteiger partial charge in [0.25, 0.3) is 0 Å². The monoisotopic (exact) mass is 277 g/mol. The first-order valence-corrected chi connectivity index (χ1v) is 7.01. The number of likely N-dealkylation sites (N-methyl/N-ethyl adjacent to an activating group) is 1. The molecule has 0 atom stereocenters. The van der Waals surface area contributed by atoms with E-state index in [-0.39, 0.29) is 5.97 Å². The van der Waals surface area contributed by atoms with Crippen LogP contribution in [0.3, 0.4) is 0 Å². The number of piperazine rings is 1. The van der Waals surface area contributed by atoms with Gasteiger partial charge in [0.2, 0.25) is 0 Å². The van der Waals surface area contributed by atoms with E-state index in [1.165, 1.54) is 0 Å². The normalized spacial score (nSPS) is 17.1. The molecule has 0 unspecified atom stereocenters. The van der Waals surface area contributed by atoms with E-state index in [1.54, 1.807) is 18.2 Å². The fourth-order valence-corrected chi connectivity index (χ4v) is 2.29. The van der Waals surface area contributed by atoms with E-state index in [1.807, 2.05) is 6.92 Å². The van der Waals surface area contributed by atoms with Crippen LogP contribution < -0.4 is 5.73 Å². The second-order valence-corrected chi connectivity index (χ2v) is 5.30. The molecule has 1 heterocycles. The first-order chi connectivity index (χ1) is 9.58. The largest absolute Gasteiger partial charge is 0.461 e. The van der Waals surface area contributed by atoms with Crippen LogP contribution in [0.2, 0.25) is 0 Å². The zero-order valence-corrected chi connectivity index (χ0v) is 12.3. The van der Waals surface area contributed by atoms with Crippen LogP contribution in [-0.4, -0.2) is 62.1 Å². The van der Waals surface area contributed by atoms with Crippen molar-refractivity contribution in [1.29, 1.82) is 0 Å². The van der Waals surface area contributed by atoms with Gasteiger partial charge in [-0.25, -0.2) is 4.79 Å². The van der Waals surface area contributed by atoms with Gasteiger partial charge in [0.1, 0.15) is 6.61 Å². The molecular formula is C15H23N3O2. The molecule has 1 aliphatic heterocycles. The highest BCUT2D eigenvalue weighted by atomic mass is 16.5. The number of anilines is 1. The van der Waals surface area contributed by atoms with Crippen molar-refractivity contribution in [3.8, 4) is 0 Å². The molecule has 1 aliphatic rings. The number of carbonyl (C=O) groups excluding carboxylic acids is 1. The second-order valence-electron chi connectivity index (χ2n) is 5.30. The first kappa shape index (κ1) is 14.8. The minimum absolute atomic E-state index is 0.288. The van der Waals surface area contributed by atoms with Gasteiger partial charge in [0.05, 0.1) is 5.56 Å². The molecular weight excluding hydrogens is 254 g/mol. The molecule has 0 amide bonds. The van der Waals surface area contributed by atoms with Gasteiger partial charge in [0.15, 0.2) is 0 Å². The third-order valence-electron chi connectivity index (χ3n) is 3.83. The van der Waals surface area contributed by atoms with Crippen LogP contribution in [0.1, 0.15) is 15.9 Å². The van der Waals surface area contributed by atoms with E-state index in [9.17, 15) is 4.79 Å². The highest BCUT2D eigenvalue weighted by molar-refractivity contribution is 5.92. The Balaban J connectivity index is 1.79. The number of benzene rings is 1. The van der Waals surface area contributed by atoms with Crippen LogP contribution in [0.5, 0.6) is 0 Å². The summed E-state index contributed by atoms with van der Waals surface area (Å²) in [4.78, 5) is 16.6. The smallest absolute Gasteiger partial charge is 0.338 e. The Hall–Kier alpha value is -1.59. The fourth-order valence-electron chi connectivity index (χ4n) is 2.29. The van der Waals surface area contributed by atoms with Crippen molar-refractivity contribution in [2.45, 2.75) is 6.92 Å². The van der Waals surface area contributed by atoms with Crippen molar-refractivity contribution < 1.29 is 9.53 Å². The fraction of sp³-hybridized carbons (Fsp3) is 0.533. The average molecular weight is 277 g/mol. The summed E-state index contributed by atoms with van der Waals surface area (Å²) in [5.74, 6) is -0.288. The minimum Gasteiger partial charge on any atom is -0.461 e. The maximum Gasteiger partial charge on any atom is 0.338 e. The number of carbonyl (C=O) groups is 1. The summed E-state index contributed by atoms with van der Waals surface area (Å²) in [5, 5.41) is 0. The number of hydrogen-bond acceptors (Lipinski definition) is 5. The van der Waals surface area contributed by atoms with Gasteiger partial charge in [-0.05, 0) is 31.7 Å². The van der Waals surface area contributed by atoms with Gasteiger partial charge in [-0.3, -0.25) is 4.90 Å². The van der Waals surface area contributed by atoms with Gasteiger partial charge < -0.3 is 15.4 Å². The topological polar surface area (TPSA) is 58.8 Å². The van der Waals surface area contributed by atoms with E-state index in [2.05, 4.69) is 16.8 Å². The number of hydrogen-bond donors (Lipinski definition) is 1. The van der Waals surface area contributed by atoms with E-state index in [4.69, 9.17) is 10.5 Å². The molecule has 0 aromatic heterocycles. The lowest BCUT2D eigenvalue weighted by atomic mass is 10.1. The Morgan fingerprint density at radius 2 is 2.00 bits per heavy atom. The maximum absolute atomic E-state index is 12.0. The molecule has 0 aliphatic carbocycles. The molecule has 2 N–H and O–H groups in total. The minimum atomic E-state index is -0.288. The van der Waals surface area contributed by atoms with Crippen molar-refractivity contribution >= 4 is 11.7 Å². The number of nitrogen functional groups attached to an aromatic ring is 1. The van der Waals surface area contributed by atoms with Crippen LogP contribution in [-0.2, 0) is 4.74 Å². The number of nitrogens with two attached hydrogens (primary N) is 1. The van der Waals surface area contributed by atoms with Crippen molar-refractivity contribution in [3.05, 3.63) is 29.3 Å². The molecule has 1 fully saturated rings. The Morgan fingerprint density at radius 3 is 2.70 bits per heavy atom. The molecule has 1 saturated heterocycles. The lowest BCUT2D eigenvalue weighted by molar-refractivity contribution is 0.0431. The van der Waals surface area contributed by atoms with Crippen molar-refractivity contribution in [3.63, 3.8) is 0 Å². The van der Waals surface area contributed by atoms with Crippen LogP contribution >= 0.6 is 0 Å². The Bertz CT molecular complexity index is 468. The number of esters is 1. The second kappa shape index (κ2) is 6.72. The third kappa shape index (κ3) is 3.71. The van der Waals surface area contributed by atoms with Crippen LogP contribution in [0.15, 0.2) is 18.2 Å². The third-order valence-corrected chi connectivity index (χ3v) is 3.83. The molecule has 0 radical (unpaired) electrons. The highest BCUT2D eigenvalue weighted by Crippen LogP contribution is 2.16. The zero-order chi connectivity index (χ0) is 14.5. The van der Waals surface area contributed by atoms with Crippen LogP contribution in [0, 0.1) is 6.92 Å². The van der Waals surface area contributed by atoms with E-state index >= 15 is 0 Å². The molecule has 5 nitrogen and oxygen atoms in total. The van der Waals surface area contributed by atoms with Gasteiger partial charge in [-0.1, -0.05) is 6.07 Å². The van der Waals surface area contributed by atoms with Gasteiger partial charge in [-0.15, -0.1) is 0 Å². The Morgan fingerprint density at radius 1 is 1.30 bits per heavy atom. The lowest BCUT2D eigenvalue weighted by Gasteiger charge is -2.32. The quantitative estimate of drug-likeness (QED) is 0.657. The summed E-state index contributed by atoms with van der Waals surface area (Å²) >= 11 is 0. The standard InChI is InChI=1S/C15H23N3O2/c1-12-13(4-3-5-14(12)16)15(19)20-11-10-18-8-6-17(2)7-9-18/h3-5H,6-11,16H2,1-2H3. The number of ether oxygens (including phenoxy) is 1. The summed E-state index contributed by atoms with van der Waals surface area (Å²) in [7, 11) is 2.12. The number of nitrogens with zero attached hydrogens (tertiary/aromatic N) is 2. The van der Waals surface area contributed by atoms with Crippen molar-refractivity contribution in [2.75, 3.05) is 52.1 Å². The van der Waals surface area contributed by atoms with E-state index in [0.717, 1.165) is 38.3 Å². The SMILES string of the molecule is Cc1c(N)cccc1C(=O)OCCN1CCN(C)CC1. The lowest BCUT2D eigenvalue weighted by Crippen LogP contribution is -2.45. The van der Waals surface area contributed by atoms with E-state index in [0.29, 0.717) is 17.9 Å². The first-order valence-electron chi connectivity index (χ1n) is 7.01. The summed E-state index contributed by atoms with van der Waals surface area (Å²) in [6.07, 6.45) is 0. The molecule has 5 heteroatoms. The molecule has 1 aromatic carbocycles. The summed E-state index contributed by atoms with van der Waals surface area (Å²) < 4.78 is 5.34. The van der Waals surface area contributed by atoms with Crippen LogP contribution in [0.4, 0.5) is 5.69 Å². The van der Waals surface area contributed by atoms with Gasteiger partial charge >= 0.3 is 5.97 Å². The molecule has 0 bridgehead atoms. The maximum atomic E-state index is 12.0. The summed E-state index contributed by atoms with van der Waals surface area (Å²) in [6, 6.07) is 5.32. The van der Waals surface area contributed by atoms with Crippen molar-refractivity contribution in [1.82, 2.24) is 9.80 Å².